The van der Waals surface area contributed by atoms with E-state index in [0.717, 1.165) is 0 Å². The standard InChI is InChI=1S/C6H12FO9P/c7-3(6(12)16-17(13,14)15)5(11)4(10)2(9)1-8/h2-5,8-11H,1H2,(H2,13,14,15)/t2-,3-,4-,5-/m1/s1. The SMILES string of the molecule is O=C(OP(=O)(O)O)[C@H](F)[C@@H](O)[C@H](O)[C@H](O)CO. The number of halogens is 1. The largest absolute Gasteiger partial charge is 0.527 e. The van der Waals surface area contributed by atoms with Crippen LogP contribution in [0.5, 0.6) is 0 Å². The van der Waals surface area contributed by atoms with E-state index in [4.69, 9.17) is 30.2 Å². The number of carbonyl (C=O) groups is 1. The highest BCUT2D eigenvalue weighted by molar-refractivity contribution is 7.46. The van der Waals surface area contributed by atoms with Crippen LogP contribution in [0.15, 0.2) is 0 Å². The average molecular weight is 278 g/mol. The summed E-state index contributed by atoms with van der Waals surface area (Å²) in [5.74, 6) is -2.10. The predicted molar refractivity (Wildman–Crippen MR) is 48.1 cm³/mol. The molecule has 4 atom stereocenters. The highest BCUT2D eigenvalue weighted by Gasteiger charge is 2.39. The van der Waals surface area contributed by atoms with Crippen molar-refractivity contribution < 1.29 is 48.5 Å². The fourth-order valence-electron chi connectivity index (χ4n) is 0.816. The number of aliphatic hydroxyl groups excluding tert-OH is 4. The lowest BCUT2D eigenvalue weighted by Crippen LogP contribution is -2.47. The molecule has 0 aromatic heterocycles. The van der Waals surface area contributed by atoms with Gasteiger partial charge in [0.25, 0.3) is 0 Å². The van der Waals surface area contributed by atoms with E-state index >= 15 is 0 Å². The van der Waals surface area contributed by atoms with Crippen molar-refractivity contribution in [2.24, 2.45) is 0 Å². The Hall–Kier alpha value is -0.610. The molecule has 0 radical (unpaired) electrons. The van der Waals surface area contributed by atoms with Crippen LogP contribution in [0, 0.1) is 0 Å². The van der Waals surface area contributed by atoms with Crippen molar-refractivity contribution in [1.29, 1.82) is 0 Å². The lowest BCUT2D eigenvalue weighted by Gasteiger charge is -2.23. The van der Waals surface area contributed by atoms with Crippen LogP contribution in [0.3, 0.4) is 0 Å². The Bertz CT molecular complexity index is 304. The van der Waals surface area contributed by atoms with Crippen LogP contribution in [-0.2, 0) is 13.9 Å². The van der Waals surface area contributed by atoms with Gasteiger partial charge in [0.1, 0.15) is 18.3 Å². The Morgan fingerprint density at radius 2 is 1.71 bits per heavy atom. The first-order chi connectivity index (χ1) is 7.60. The molecule has 17 heavy (non-hydrogen) atoms. The van der Waals surface area contributed by atoms with Gasteiger partial charge in [-0.1, -0.05) is 0 Å². The van der Waals surface area contributed by atoms with Crippen LogP contribution in [0.2, 0.25) is 0 Å². The number of phosphoric acid groups is 1. The second-order valence-electron chi connectivity index (χ2n) is 3.03. The van der Waals surface area contributed by atoms with Crippen molar-refractivity contribution in [2.75, 3.05) is 6.61 Å². The van der Waals surface area contributed by atoms with E-state index in [1.807, 2.05) is 0 Å². The van der Waals surface area contributed by atoms with Gasteiger partial charge in [-0.15, -0.1) is 0 Å². The monoisotopic (exact) mass is 278 g/mol. The summed E-state index contributed by atoms with van der Waals surface area (Å²) in [6.45, 7) is -1.02. The molecule has 0 spiro atoms. The minimum absolute atomic E-state index is 1.02. The molecule has 0 saturated heterocycles. The Kier molecular flexibility index (Phi) is 6.13. The molecule has 0 aliphatic carbocycles. The average Bonchev–Trinajstić information content (AvgIpc) is 2.22. The van der Waals surface area contributed by atoms with Crippen LogP contribution in [0.25, 0.3) is 0 Å². The molecular weight excluding hydrogens is 266 g/mol. The van der Waals surface area contributed by atoms with E-state index < -0.39 is 44.9 Å². The normalized spacial score (nSPS) is 19.2. The first kappa shape index (κ1) is 16.4. The Morgan fingerprint density at radius 3 is 2.06 bits per heavy atom. The molecule has 102 valence electrons. The summed E-state index contributed by atoms with van der Waals surface area (Å²) in [5, 5.41) is 35.2. The van der Waals surface area contributed by atoms with Gasteiger partial charge in [-0.2, -0.15) is 0 Å². The molecule has 0 aromatic carbocycles. The van der Waals surface area contributed by atoms with Crippen molar-refractivity contribution in [3.8, 4) is 0 Å². The van der Waals surface area contributed by atoms with Crippen molar-refractivity contribution in [3.05, 3.63) is 0 Å². The molecule has 0 aliphatic heterocycles. The third kappa shape index (κ3) is 5.50. The van der Waals surface area contributed by atoms with Gasteiger partial charge < -0.3 is 24.9 Å². The quantitative estimate of drug-likeness (QED) is 0.278. The molecule has 0 aliphatic rings. The van der Waals surface area contributed by atoms with Crippen molar-refractivity contribution in [2.45, 2.75) is 24.5 Å². The summed E-state index contributed by atoms with van der Waals surface area (Å²) in [4.78, 5) is 27.1. The number of phosphoric ester groups is 1. The molecule has 6 N–H and O–H groups in total. The lowest BCUT2D eigenvalue weighted by molar-refractivity contribution is -0.154. The molecular formula is C6H12FO9P. The maximum atomic E-state index is 13.0. The predicted octanol–water partition coefficient (Wildman–Crippen LogP) is -2.96. The molecule has 0 saturated carbocycles. The van der Waals surface area contributed by atoms with Crippen molar-refractivity contribution >= 4 is 13.8 Å². The minimum Gasteiger partial charge on any atom is -0.394 e. The maximum Gasteiger partial charge on any atom is 0.527 e. The highest BCUT2D eigenvalue weighted by atomic mass is 31.2. The molecule has 0 amide bonds. The molecule has 11 heteroatoms. The smallest absolute Gasteiger partial charge is 0.394 e. The van der Waals surface area contributed by atoms with Gasteiger partial charge in [-0.05, 0) is 0 Å². The summed E-state index contributed by atoms with van der Waals surface area (Å²) in [6.07, 6.45) is -9.64. The summed E-state index contributed by atoms with van der Waals surface area (Å²) >= 11 is 0. The minimum atomic E-state index is -5.27. The highest BCUT2D eigenvalue weighted by Crippen LogP contribution is 2.36. The van der Waals surface area contributed by atoms with E-state index in [0.29, 0.717) is 0 Å². The topological polar surface area (TPSA) is 165 Å². The molecule has 9 nitrogen and oxygen atoms in total. The fraction of sp³-hybridized carbons (Fsp3) is 0.833. The Labute approximate surface area is 94.3 Å². The third-order valence-electron chi connectivity index (χ3n) is 1.67. The number of alkyl halides is 1. The van der Waals surface area contributed by atoms with E-state index in [9.17, 15) is 13.8 Å². The summed E-state index contributed by atoms with van der Waals surface area (Å²) < 4.78 is 26.5. The fourth-order valence-corrected chi connectivity index (χ4v) is 1.15. The van der Waals surface area contributed by atoms with Crippen molar-refractivity contribution in [1.82, 2.24) is 0 Å². The van der Waals surface area contributed by atoms with Gasteiger partial charge >= 0.3 is 13.8 Å². The van der Waals surface area contributed by atoms with E-state index in [2.05, 4.69) is 4.52 Å². The number of aliphatic hydroxyl groups is 4. The number of carbonyl (C=O) groups excluding carboxylic acids is 1. The summed E-state index contributed by atoms with van der Waals surface area (Å²) in [5.41, 5.74) is 0. The van der Waals surface area contributed by atoms with Gasteiger partial charge in [0, 0.05) is 0 Å². The summed E-state index contributed by atoms with van der Waals surface area (Å²) in [6, 6.07) is 0. The van der Waals surface area contributed by atoms with Gasteiger partial charge in [0.15, 0.2) is 0 Å². The second-order valence-corrected chi connectivity index (χ2v) is 4.20. The number of hydrogen-bond acceptors (Lipinski definition) is 7. The van der Waals surface area contributed by atoms with Gasteiger partial charge in [-0.25, -0.2) is 13.8 Å². The first-order valence-electron chi connectivity index (χ1n) is 4.18. The lowest BCUT2D eigenvalue weighted by atomic mass is 10.0. The molecule has 0 bridgehead atoms. The zero-order chi connectivity index (χ0) is 13.8. The molecule has 0 unspecified atom stereocenters. The molecule has 0 heterocycles. The molecule has 0 aromatic rings. The zero-order valence-electron chi connectivity index (χ0n) is 8.25. The van der Waals surface area contributed by atoms with Crippen LogP contribution < -0.4 is 0 Å². The maximum absolute atomic E-state index is 13.0. The second kappa shape index (κ2) is 6.36. The number of hydrogen-bond donors (Lipinski definition) is 6. The zero-order valence-corrected chi connectivity index (χ0v) is 9.14. The van der Waals surface area contributed by atoms with Crippen LogP contribution in [0.1, 0.15) is 0 Å². The van der Waals surface area contributed by atoms with E-state index in [1.54, 1.807) is 0 Å². The third-order valence-corrected chi connectivity index (χ3v) is 2.08. The van der Waals surface area contributed by atoms with Crippen LogP contribution in [0.4, 0.5) is 4.39 Å². The number of rotatable bonds is 6. The van der Waals surface area contributed by atoms with Gasteiger partial charge in [0.05, 0.1) is 6.61 Å². The van der Waals surface area contributed by atoms with E-state index in [1.165, 1.54) is 0 Å². The van der Waals surface area contributed by atoms with Gasteiger partial charge in [-0.3, -0.25) is 9.79 Å². The molecule has 0 rings (SSSR count). The Balaban J connectivity index is 4.54. The Morgan fingerprint density at radius 1 is 1.24 bits per heavy atom. The van der Waals surface area contributed by atoms with E-state index in [-0.39, 0.29) is 0 Å². The van der Waals surface area contributed by atoms with Gasteiger partial charge in [0.2, 0.25) is 6.17 Å². The van der Waals surface area contributed by atoms with Crippen molar-refractivity contribution in [3.63, 3.8) is 0 Å². The van der Waals surface area contributed by atoms with Crippen LogP contribution in [-0.4, -0.2) is 67.3 Å². The summed E-state index contributed by atoms with van der Waals surface area (Å²) in [7, 11) is -5.27. The van der Waals surface area contributed by atoms with Crippen LogP contribution >= 0.6 is 7.82 Å². The molecule has 0 fully saturated rings. The first-order valence-corrected chi connectivity index (χ1v) is 5.71.